The molecule has 0 saturated heterocycles. The van der Waals surface area contributed by atoms with Gasteiger partial charge < -0.3 is 29.3 Å². The molecule has 0 aromatic carbocycles. The van der Waals surface area contributed by atoms with Crippen LogP contribution in [0.15, 0.2) is 36.4 Å². The van der Waals surface area contributed by atoms with Crippen LogP contribution in [0.25, 0.3) is 0 Å². The van der Waals surface area contributed by atoms with Crippen molar-refractivity contribution in [1.29, 1.82) is 0 Å². The van der Waals surface area contributed by atoms with Crippen molar-refractivity contribution in [2.75, 3.05) is 13.2 Å². The number of pyridine rings is 2. The van der Waals surface area contributed by atoms with Gasteiger partial charge in [-0.05, 0) is 25.0 Å². The molecule has 0 spiro atoms. The summed E-state index contributed by atoms with van der Waals surface area (Å²) >= 11 is 0. The largest absolute Gasteiger partial charge is 2.00 e. The molecule has 0 aliphatic rings. The number of rotatable bonds is 14. The Morgan fingerprint density at radius 2 is 1.09 bits per heavy atom. The maximum atomic E-state index is 10.5. The van der Waals surface area contributed by atoms with Crippen LogP contribution < -0.4 is 19.7 Å². The quantitative estimate of drug-likeness (QED) is 0.281. The number of carbonyl (C=O) groups is 2. The molecule has 0 radical (unpaired) electrons. The molecular weight excluding hydrogens is 478 g/mol. The Morgan fingerprint density at radius 3 is 1.42 bits per heavy atom. The minimum Gasteiger partial charge on any atom is -0.543 e. The number of carboxylic acids is 2. The van der Waals surface area contributed by atoms with Crippen LogP contribution in [-0.4, -0.2) is 35.1 Å². The summed E-state index contributed by atoms with van der Waals surface area (Å²) in [6, 6.07) is 9.26. The van der Waals surface area contributed by atoms with E-state index in [1.165, 1.54) is 37.8 Å². The SMILES string of the molecule is CCCCCCOc1cccc(C(=O)[O-])n1.CCCCCCOc1cccc(C(=O)[O-])n1.[Zn+2]. The van der Waals surface area contributed by atoms with Crippen LogP contribution in [-0.2, 0) is 19.5 Å². The molecule has 2 heterocycles. The van der Waals surface area contributed by atoms with Gasteiger partial charge in [-0.2, -0.15) is 0 Å². The molecule has 33 heavy (non-hydrogen) atoms. The molecule has 9 heteroatoms. The zero-order valence-corrected chi connectivity index (χ0v) is 22.6. The first-order valence-electron chi connectivity index (χ1n) is 11.1. The molecule has 0 bridgehead atoms. The minimum atomic E-state index is -1.28. The van der Waals surface area contributed by atoms with Crippen LogP contribution in [0.2, 0.25) is 0 Å². The zero-order valence-electron chi connectivity index (χ0n) is 19.6. The van der Waals surface area contributed by atoms with E-state index in [2.05, 4.69) is 23.8 Å². The Balaban J connectivity index is 0.000000602. The number of aromatic carboxylic acids is 2. The van der Waals surface area contributed by atoms with Crippen LogP contribution in [0.4, 0.5) is 0 Å². The third-order valence-corrected chi connectivity index (χ3v) is 4.36. The van der Waals surface area contributed by atoms with Crippen molar-refractivity contribution in [3.63, 3.8) is 0 Å². The van der Waals surface area contributed by atoms with Crippen molar-refractivity contribution >= 4 is 11.9 Å². The van der Waals surface area contributed by atoms with Gasteiger partial charge in [0.25, 0.3) is 0 Å². The summed E-state index contributed by atoms with van der Waals surface area (Å²) in [6.45, 7) is 5.44. The summed E-state index contributed by atoms with van der Waals surface area (Å²) in [5.74, 6) is -1.87. The molecule has 0 amide bonds. The van der Waals surface area contributed by atoms with Crippen LogP contribution in [0, 0.1) is 0 Å². The van der Waals surface area contributed by atoms with Gasteiger partial charge in [-0.1, -0.05) is 64.5 Å². The zero-order chi connectivity index (χ0) is 23.6. The maximum absolute atomic E-state index is 10.5. The van der Waals surface area contributed by atoms with Crippen molar-refractivity contribution < 1.29 is 48.8 Å². The van der Waals surface area contributed by atoms with Gasteiger partial charge in [-0.15, -0.1) is 0 Å². The average Bonchev–Trinajstić information content (AvgIpc) is 2.79. The molecule has 0 aliphatic heterocycles. The first-order chi connectivity index (χ1) is 15.5. The van der Waals surface area contributed by atoms with E-state index in [1.807, 2.05) is 0 Å². The second-order valence-corrected chi connectivity index (χ2v) is 7.12. The van der Waals surface area contributed by atoms with Gasteiger partial charge in [-0.3, -0.25) is 0 Å². The number of nitrogens with zero attached hydrogens (tertiary/aromatic N) is 2. The molecule has 2 rings (SSSR count). The summed E-state index contributed by atoms with van der Waals surface area (Å²) in [5, 5.41) is 21.1. The number of carbonyl (C=O) groups excluding carboxylic acids is 2. The van der Waals surface area contributed by atoms with Crippen molar-refractivity contribution in [2.24, 2.45) is 0 Å². The van der Waals surface area contributed by atoms with E-state index in [1.54, 1.807) is 24.3 Å². The molecule has 0 unspecified atom stereocenters. The molecule has 176 valence electrons. The number of carboxylic acid groups (broad SMARTS) is 2. The maximum Gasteiger partial charge on any atom is 2.00 e. The van der Waals surface area contributed by atoms with Crippen LogP contribution in [0.1, 0.15) is 86.2 Å². The van der Waals surface area contributed by atoms with Crippen molar-refractivity contribution in [1.82, 2.24) is 9.97 Å². The fourth-order valence-corrected chi connectivity index (χ4v) is 2.63. The fraction of sp³-hybridized carbons (Fsp3) is 0.500. The topological polar surface area (TPSA) is 125 Å². The van der Waals surface area contributed by atoms with E-state index in [0.717, 1.165) is 25.7 Å². The predicted octanol–water partition coefficient (Wildman–Crippen LogP) is 2.81. The van der Waals surface area contributed by atoms with Crippen LogP contribution in [0.5, 0.6) is 11.8 Å². The first kappa shape index (κ1) is 30.5. The Hall–Kier alpha value is -2.54. The fourth-order valence-electron chi connectivity index (χ4n) is 2.63. The molecule has 0 N–H and O–H groups in total. The Kier molecular flexibility index (Phi) is 17.5. The molecule has 2 aromatic heterocycles. The van der Waals surface area contributed by atoms with Gasteiger partial charge in [0.05, 0.1) is 36.5 Å². The number of hydrogen-bond donors (Lipinski definition) is 0. The Morgan fingerprint density at radius 1 is 0.697 bits per heavy atom. The Labute approximate surface area is 208 Å². The van der Waals surface area contributed by atoms with Gasteiger partial charge in [-0.25, -0.2) is 9.97 Å². The Bertz CT molecular complexity index is 752. The number of unbranched alkanes of at least 4 members (excludes halogenated alkanes) is 6. The minimum absolute atomic E-state index is 0. The molecule has 0 atom stereocenters. The summed E-state index contributed by atoms with van der Waals surface area (Å²) in [7, 11) is 0. The summed E-state index contributed by atoms with van der Waals surface area (Å²) in [6.07, 6.45) is 8.91. The van der Waals surface area contributed by atoms with Crippen LogP contribution in [0.3, 0.4) is 0 Å². The standard InChI is InChI=1S/2C12H17NO3.Zn/c2*1-2-3-4-5-9-16-11-8-6-7-10(13-11)12(14)15;/h2*6-8H,2-5,9H2,1H3,(H,14,15);/q;;+2/p-2. The molecule has 8 nitrogen and oxygen atoms in total. The summed E-state index contributed by atoms with van der Waals surface area (Å²) in [5.41, 5.74) is -0.183. The second-order valence-electron chi connectivity index (χ2n) is 7.12. The smallest absolute Gasteiger partial charge is 0.543 e. The molecule has 0 aliphatic carbocycles. The normalized spacial score (nSPS) is 9.76. The van der Waals surface area contributed by atoms with Crippen LogP contribution >= 0.6 is 0 Å². The van der Waals surface area contributed by atoms with Gasteiger partial charge in [0, 0.05) is 12.1 Å². The summed E-state index contributed by atoms with van der Waals surface area (Å²) in [4.78, 5) is 28.7. The van der Waals surface area contributed by atoms with Gasteiger partial charge in [0.2, 0.25) is 11.8 Å². The molecular formula is C24H32N2O6Zn. The first-order valence-corrected chi connectivity index (χ1v) is 11.1. The molecule has 2 aromatic rings. The second kappa shape index (κ2) is 19.0. The third kappa shape index (κ3) is 14.3. The average molecular weight is 510 g/mol. The van der Waals surface area contributed by atoms with Gasteiger partial charge in [0.15, 0.2) is 0 Å². The van der Waals surface area contributed by atoms with Crippen molar-refractivity contribution in [3.05, 3.63) is 47.8 Å². The molecule has 0 saturated carbocycles. The van der Waals surface area contributed by atoms with Gasteiger partial charge in [0.1, 0.15) is 0 Å². The van der Waals surface area contributed by atoms with E-state index < -0.39 is 11.9 Å². The van der Waals surface area contributed by atoms with E-state index in [0.29, 0.717) is 25.0 Å². The number of aromatic nitrogens is 2. The number of hydrogen-bond acceptors (Lipinski definition) is 8. The van der Waals surface area contributed by atoms with Crippen molar-refractivity contribution in [3.8, 4) is 11.8 Å². The van der Waals surface area contributed by atoms with E-state index in [9.17, 15) is 19.8 Å². The third-order valence-electron chi connectivity index (χ3n) is 4.36. The predicted molar refractivity (Wildman–Crippen MR) is 116 cm³/mol. The van der Waals surface area contributed by atoms with Gasteiger partial charge >= 0.3 is 19.5 Å². The van der Waals surface area contributed by atoms with E-state index in [-0.39, 0.29) is 30.9 Å². The van der Waals surface area contributed by atoms with Crippen molar-refractivity contribution in [2.45, 2.75) is 65.2 Å². The van der Waals surface area contributed by atoms with E-state index in [4.69, 9.17) is 9.47 Å². The monoisotopic (exact) mass is 508 g/mol. The van der Waals surface area contributed by atoms with E-state index >= 15 is 0 Å². The number of ether oxygens (including phenoxy) is 2. The molecule has 0 fully saturated rings. The summed E-state index contributed by atoms with van der Waals surface area (Å²) < 4.78 is 10.7.